The molecule has 0 aromatic heterocycles. The van der Waals surface area contributed by atoms with E-state index in [9.17, 15) is 0 Å². The van der Waals surface area contributed by atoms with Crippen LogP contribution >= 0.6 is 0 Å². The summed E-state index contributed by atoms with van der Waals surface area (Å²) in [6, 6.07) is 0. The van der Waals surface area contributed by atoms with Crippen molar-refractivity contribution in [3.8, 4) is 0 Å². The monoisotopic (exact) mass is 153 g/mol. The predicted octanol–water partition coefficient (Wildman–Crippen LogP) is 3.05. The maximum atomic E-state index is 4.60. The van der Waals surface area contributed by atoms with Gasteiger partial charge in [-0.05, 0) is 31.6 Å². The van der Waals surface area contributed by atoms with E-state index in [2.05, 4.69) is 18.8 Å². The molecule has 0 amide bonds. The van der Waals surface area contributed by atoms with Gasteiger partial charge in [0.1, 0.15) is 0 Å². The van der Waals surface area contributed by atoms with Gasteiger partial charge in [0.15, 0.2) is 0 Å². The molecule has 64 valence electrons. The highest BCUT2D eigenvalue weighted by atomic mass is 14.7. The molecule has 1 rings (SSSR count). The van der Waals surface area contributed by atoms with E-state index in [4.69, 9.17) is 0 Å². The first-order chi connectivity index (χ1) is 5.29. The van der Waals surface area contributed by atoms with E-state index in [0.29, 0.717) is 0 Å². The van der Waals surface area contributed by atoms with Crippen molar-refractivity contribution in [3.05, 3.63) is 0 Å². The minimum atomic E-state index is 0.726. The van der Waals surface area contributed by atoms with E-state index >= 15 is 0 Å². The summed E-state index contributed by atoms with van der Waals surface area (Å²) in [6.07, 6.45) is 6.70. The molecule has 0 spiro atoms. The third-order valence-electron chi connectivity index (χ3n) is 2.11. The molecule has 0 radical (unpaired) electrons. The van der Waals surface area contributed by atoms with Crippen molar-refractivity contribution in [3.63, 3.8) is 0 Å². The molecule has 0 aliphatic heterocycles. The Morgan fingerprint density at radius 1 is 1.18 bits per heavy atom. The Hall–Kier alpha value is -0.330. The van der Waals surface area contributed by atoms with Gasteiger partial charge in [-0.1, -0.05) is 20.3 Å². The summed E-state index contributed by atoms with van der Waals surface area (Å²) < 4.78 is 0. The maximum Gasteiger partial charge on any atom is 0.0411 e. The van der Waals surface area contributed by atoms with Gasteiger partial charge in [-0.3, -0.25) is 4.99 Å². The third kappa shape index (κ3) is 3.54. The van der Waals surface area contributed by atoms with Crippen LogP contribution in [-0.2, 0) is 0 Å². The zero-order chi connectivity index (χ0) is 8.10. The van der Waals surface area contributed by atoms with Crippen LogP contribution in [0.2, 0.25) is 0 Å². The number of nitrogens with zero attached hydrogens (tertiary/aromatic N) is 1. The number of rotatable bonds is 2. The lowest BCUT2D eigenvalue weighted by molar-refractivity contribution is 0.636. The first kappa shape index (κ1) is 8.76. The third-order valence-corrected chi connectivity index (χ3v) is 2.11. The van der Waals surface area contributed by atoms with E-state index in [1.165, 1.54) is 37.8 Å². The van der Waals surface area contributed by atoms with Crippen molar-refractivity contribution in [1.29, 1.82) is 0 Å². The van der Waals surface area contributed by atoms with Gasteiger partial charge in [0, 0.05) is 12.3 Å². The molecule has 0 bridgehead atoms. The second kappa shape index (κ2) is 4.53. The number of aliphatic imine (C=N–C) groups is 1. The van der Waals surface area contributed by atoms with E-state index < -0.39 is 0 Å². The van der Waals surface area contributed by atoms with Crippen LogP contribution in [0.4, 0.5) is 0 Å². The normalized spacial score (nSPS) is 19.0. The standard InChI is InChI=1S/C10H19N/c1-9(2)8-11-10-6-4-3-5-7-10/h9H,3-8H2,1-2H3. The second-order valence-corrected chi connectivity index (χ2v) is 3.86. The molecular formula is C10H19N. The van der Waals surface area contributed by atoms with Crippen LogP contribution in [0.25, 0.3) is 0 Å². The van der Waals surface area contributed by atoms with Crippen LogP contribution in [0.15, 0.2) is 4.99 Å². The van der Waals surface area contributed by atoms with Crippen molar-refractivity contribution in [1.82, 2.24) is 0 Å². The van der Waals surface area contributed by atoms with Crippen molar-refractivity contribution >= 4 is 5.71 Å². The van der Waals surface area contributed by atoms with Gasteiger partial charge in [0.25, 0.3) is 0 Å². The van der Waals surface area contributed by atoms with Crippen LogP contribution < -0.4 is 0 Å². The molecule has 11 heavy (non-hydrogen) atoms. The molecule has 1 saturated carbocycles. The van der Waals surface area contributed by atoms with Gasteiger partial charge < -0.3 is 0 Å². The van der Waals surface area contributed by atoms with Gasteiger partial charge >= 0.3 is 0 Å². The summed E-state index contributed by atoms with van der Waals surface area (Å²) in [4.78, 5) is 4.60. The van der Waals surface area contributed by atoms with E-state index in [1.54, 1.807) is 0 Å². The molecule has 0 heterocycles. The Bertz CT molecular complexity index is 128. The molecule has 0 unspecified atom stereocenters. The SMILES string of the molecule is CC(C)CN=C1CCCCC1. The first-order valence-corrected chi connectivity index (χ1v) is 4.81. The molecule has 1 heteroatoms. The summed E-state index contributed by atoms with van der Waals surface area (Å²) in [6.45, 7) is 5.50. The average Bonchev–Trinajstić information content (AvgIpc) is 2.03. The smallest absolute Gasteiger partial charge is 0.0411 e. The van der Waals surface area contributed by atoms with E-state index in [0.717, 1.165) is 12.5 Å². The fraction of sp³-hybridized carbons (Fsp3) is 0.900. The minimum absolute atomic E-state index is 0.726. The van der Waals surface area contributed by atoms with Crippen molar-refractivity contribution in [2.24, 2.45) is 10.9 Å². The highest BCUT2D eigenvalue weighted by molar-refractivity contribution is 5.84. The Morgan fingerprint density at radius 2 is 1.82 bits per heavy atom. The van der Waals surface area contributed by atoms with Crippen LogP contribution in [0.5, 0.6) is 0 Å². The zero-order valence-corrected chi connectivity index (χ0v) is 7.77. The molecule has 1 aliphatic carbocycles. The van der Waals surface area contributed by atoms with Crippen LogP contribution in [0, 0.1) is 5.92 Å². The largest absolute Gasteiger partial charge is 0.294 e. The molecular weight excluding hydrogens is 134 g/mol. The lowest BCUT2D eigenvalue weighted by Gasteiger charge is -2.12. The molecule has 0 N–H and O–H groups in total. The molecule has 0 aromatic rings. The fourth-order valence-electron chi connectivity index (χ4n) is 1.43. The Kier molecular flexibility index (Phi) is 3.61. The molecule has 1 aliphatic rings. The Morgan fingerprint density at radius 3 is 2.36 bits per heavy atom. The van der Waals surface area contributed by atoms with Gasteiger partial charge in [0.2, 0.25) is 0 Å². The fourth-order valence-corrected chi connectivity index (χ4v) is 1.43. The quantitative estimate of drug-likeness (QED) is 0.578. The zero-order valence-electron chi connectivity index (χ0n) is 7.77. The topological polar surface area (TPSA) is 12.4 Å². The van der Waals surface area contributed by atoms with Crippen LogP contribution in [0.3, 0.4) is 0 Å². The first-order valence-electron chi connectivity index (χ1n) is 4.81. The van der Waals surface area contributed by atoms with Gasteiger partial charge in [-0.2, -0.15) is 0 Å². The maximum absolute atomic E-state index is 4.60. The summed E-state index contributed by atoms with van der Waals surface area (Å²) in [7, 11) is 0. The average molecular weight is 153 g/mol. The second-order valence-electron chi connectivity index (χ2n) is 3.86. The Labute approximate surface area is 69.9 Å². The van der Waals surface area contributed by atoms with Gasteiger partial charge in [-0.15, -0.1) is 0 Å². The Balaban J connectivity index is 2.26. The molecule has 0 aromatic carbocycles. The molecule has 0 saturated heterocycles. The summed E-state index contributed by atoms with van der Waals surface area (Å²) in [5, 5.41) is 0. The van der Waals surface area contributed by atoms with E-state index in [-0.39, 0.29) is 0 Å². The number of hydrogen-bond donors (Lipinski definition) is 0. The highest BCUT2D eigenvalue weighted by Gasteiger charge is 2.05. The summed E-state index contributed by atoms with van der Waals surface area (Å²) in [5.74, 6) is 0.726. The highest BCUT2D eigenvalue weighted by Crippen LogP contribution is 2.14. The summed E-state index contributed by atoms with van der Waals surface area (Å²) >= 11 is 0. The minimum Gasteiger partial charge on any atom is -0.294 e. The molecule has 1 nitrogen and oxygen atoms in total. The van der Waals surface area contributed by atoms with Crippen molar-refractivity contribution < 1.29 is 0 Å². The summed E-state index contributed by atoms with van der Waals surface area (Å²) in [5.41, 5.74) is 1.48. The van der Waals surface area contributed by atoms with Crippen LogP contribution in [-0.4, -0.2) is 12.3 Å². The van der Waals surface area contributed by atoms with Crippen molar-refractivity contribution in [2.45, 2.75) is 46.0 Å². The molecule has 1 fully saturated rings. The van der Waals surface area contributed by atoms with Gasteiger partial charge in [0.05, 0.1) is 0 Å². The lowest BCUT2D eigenvalue weighted by Crippen LogP contribution is -2.06. The predicted molar refractivity (Wildman–Crippen MR) is 50.2 cm³/mol. The van der Waals surface area contributed by atoms with Crippen molar-refractivity contribution in [2.75, 3.05) is 6.54 Å². The van der Waals surface area contributed by atoms with Crippen LogP contribution in [0.1, 0.15) is 46.0 Å². The number of hydrogen-bond acceptors (Lipinski definition) is 1. The lowest BCUT2D eigenvalue weighted by atomic mass is 9.98. The van der Waals surface area contributed by atoms with Gasteiger partial charge in [-0.25, -0.2) is 0 Å². The van der Waals surface area contributed by atoms with E-state index in [1.807, 2.05) is 0 Å². The molecule has 0 atom stereocenters.